The fourth-order valence-electron chi connectivity index (χ4n) is 3.53. The van der Waals surface area contributed by atoms with Crippen LogP contribution >= 0.6 is 0 Å². The number of nitrogens with zero attached hydrogens (tertiary/aromatic N) is 4. The van der Waals surface area contributed by atoms with Crippen molar-refractivity contribution in [3.8, 4) is 6.07 Å². The molecular weight excluding hydrogens is 292 g/mol. The second-order valence-corrected chi connectivity index (χ2v) is 6.28. The van der Waals surface area contributed by atoms with Crippen LogP contribution in [0.15, 0.2) is 0 Å². The summed E-state index contributed by atoms with van der Waals surface area (Å²) >= 11 is 0. The number of hydrogen-bond donors (Lipinski definition) is 0. The van der Waals surface area contributed by atoms with Gasteiger partial charge in [0.2, 0.25) is 0 Å². The molecule has 6 nitrogen and oxygen atoms in total. The normalized spacial score (nSPS) is 23.2. The quantitative estimate of drug-likeness (QED) is 0.851. The maximum absolute atomic E-state index is 9.63. The smallest absolute Gasteiger partial charge is 0.172 e. The van der Waals surface area contributed by atoms with E-state index < -0.39 is 5.79 Å². The van der Waals surface area contributed by atoms with Gasteiger partial charge in [-0.1, -0.05) is 13.8 Å². The molecule has 3 rings (SSSR count). The van der Waals surface area contributed by atoms with Crippen molar-refractivity contribution < 1.29 is 9.47 Å². The van der Waals surface area contributed by atoms with Crippen molar-refractivity contribution in [2.45, 2.75) is 58.3 Å². The number of ether oxygens (including phenoxy) is 2. The molecule has 0 saturated carbocycles. The van der Waals surface area contributed by atoms with Crippen LogP contribution in [0.25, 0.3) is 0 Å². The fraction of sp³-hybridized carbons (Fsp3) is 0.706. The zero-order valence-corrected chi connectivity index (χ0v) is 14.1. The molecule has 0 N–H and O–H groups in total. The number of nitriles is 1. The van der Waals surface area contributed by atoms with Crippen molar-refractivity contribution in [2.24, 2.45) is 0 Å². The average molecular weight is 316 g/mol. The summed E-state index contributed by atoms with van der Waals surface area (Å²) < 4.78 is 11.8. The number of piperidine rings is 1. The molecule has 3 heterocycles. The summed E-state index contributed by atoms with van der Waals surface area (Å²) in [5.74, 6) is 0.273. The predicted octanol–water partition coefficient (Wildman–Crippen LogP) is 2.20. The number of rotatable bonds is 3. The molecule has 1 atom stereocenters. The van der Waals surface area contributed by atoms with Crippen molar-refractivity contribution in [1.82, 2.24) is 10.2 Å². The van der Waals surface area contributed by atoms with Crippen molar-refractivity contribution in [2.75, 3.05) is 24.6 Å². The third-order valence-electron chi connectivity index (χ3n) is 4.76. The second-order valence-electron chi connectivity index (χ2n) is 6.28. The van der Waals surface area contributed by atoms with Crippen LogP contribution in [0.4, 0.5) is 5.82 Å². The Morgan fingerprint density at radius 1 is 1.26 bits per heavy atom. The van der Waals surface area contributed by atoms with Gasteiger partial charge >= 0.3 is 0 Å². The van der Waals surface area contributed by atoms with Crippen LogP contribution in [0, 0.1) is 11.3 Å². The van der Waals surface area contributed by atoms with E-state index in [1.54, 1.807) is 0 Å². The van der Waals surface area contributed by atoms with E-state index in [9.17, 15) is 5.26 Å². The van der Waals surface area contributed by atoms with E-state index in [4.69, 9.17) is 9.47 Å². The first-order chi connectivity index (χ1) is 11.1. The maximum atomic E-state index is 9.63. The van der Waals surface area contributed by atoms with E-state index >= 15 is 0 Å². The van der Waals surface area contributed by atoms with Gasteiger partial charge in [0.15, 0.2) is 11.6 Å². The van der Waals surface area contributed by atoms with Crippen LogP contribution in [0.2, 0.25) is 0 Å². The van der Waals surface area contributed by atoms with E-state index in [2.05, 4.69) is 28.1 Å². The number of aromatic nitrogens is 2. The van der Waals surface area contributed by atoms with E-state index in [0.717, 1.165) is 50.0 Å². The first-order valence-electron chi connectivity index (χ1n) is 8.47. The monoisotopic (exact) mass is 316 g/mol. The Morgan fingerprint density at radius 3 is 2.52 bits per heavy atom. The fourth-order valence-corrected chi connectivity index (χ4v) is 3.53. The molecule has 0 unspecified atom stereocenters. The van der Waals surface area contributed by atoms with Gasteiger partial charge in [0.1, 0.15) is 11.6 Å². The molecule has 0 radical (unpaired) electrons. The Morgan fingerprint density at radius 2 is 2.00 bits per heavy atom. The molecule has 2 fully saturated rings. The molecule has 0 aliphatic carbocycles. The summed E-state index contributed by atoms with van der Waals surface area (Å²) in [6.45, 7) is 8.35. The highest BCUT2D eigenvalue weighted by Crippen LogP contribution is 2.36. The summed E-state index contributed by atoms with van der Waals surface area (Å²) in [7, 11) is 0. The molecular formula is C17H24N4O2. The van der Waals surface area contributed by atoms with Gasteiger partial charge in [-0.25, -0.2) is 0 Å². The summed E-state index contributed by atoms with van der Waals surface area (Å²) in [5.41, 5.74) is 2.64. The lowest BCUT2D eigenvalue weighted by Gasteiger charge is -2.38. The second kappa shape index (κ2) is 6.42. The van der Waals surface area contributed by atoms with E-state index in [1.807, 2.05) is 13.8 Å². The molecule has 1 aromatic rings. The molecule has 0 amide bonds. The Hall–Kier alpha value is -1.71. The molecule has 23 heavy (non-hydrogen) atoms. The SMILES string of the molecule is CCc1nnc(N2CCC3(CC2)OC[C@@H](C)O3)c(C#N)c1CC. The van der Waals surface area contributed by atoms with Gasteiger partial charge in [0.25, 0.3) is 0 Å². The molecule has 2 saturated heterocycles. The first-order valence-corrected chi connectivity index (χ1v) is 8.47. The summed E-state index contributed by atoms with van der Waals surface area (Å²) in [4.78, 5) is 2.14. The van der Waals surface area contributed by atoms with Gasteiger partial charge in [-0.15, -0.1) is 5.10 Å². The Kier molecular flexibility index (Phi) is 4.51. The Balaban J connectivity index is 1.82. The molecule has 1 spiro atoms. The zero-order valence-electron chi connectivity index (χ0n) is 14.1. The van der Waals surface area contributed by atoms with Crippen LogP contribution in [-0.2, 0) is 22.3 Å². The lowest BCUT2D eigenvalue weighted by atomic mass is 10.0. The topological polar surface area (TPSA) is 71.3 Å². The minimum Gasteiger partial charge on any atom is -0.354 e. The van der Waals surface area contributed by atoms with Gasteiger partial charge in [0.05, 0.1) is 18.4 Å². The molecule has 0 aromatic carbocycles. The predicted molar refractivity (Wildman–Crippen MR) is 86.2 cm³/mol. The van der Waals surface area contributed by atoms with E-state index in [1.165, 1.54) is 0 Å². The van der Waals surface area contributed by atoms with Crippen LogP contribution in [0.3, 0.4) is 0 Å². The van der Waals surface area contributed by atoms with Crippen molar-refractivity contribution >= 4 is 5.82 Å². The van der Waals surface area contributed by atoms with Crippen LogP contribution in [-0.4, -0.2) is 41.8 Å². The maximum Gasteiger partial charge on any atom is 0.172 e. The molecule has 2 aliphatic rings. The minimum atomic E-state index is -0.437. The Labute approximate surface area is 137 Å². The van der Waals surface area contributed by atoms with Crippen LogP contribution < -0.4 is 4.90 Å². The Bertz CT molecular complexity index is 618. The van der Waals surface area contributed by atoms with Gasteiger partial charge in [-0.05, 0) is 25.3 Å². The van der Waals surface area contributed by atoms with Crippen molar-refractivity contribution in [3.05, 3.63) is 16.8 Å². The lowest BCUT2D eigenvalue weighted by molar-refractivity contribution is -0.178. The lowest BCUT2D eigenvalue weighted by Crippen LogP contribution is -2.46. The third kappa shape index (κ3) is 2.91. The van der Waals surface area contributed by atoms with E-state index in [-0.39, 0.29) is 6.10 Å². The van der Waals surface area contributed by atoms with E-state index in [0.29, 0.717) is 18.0 Å². The van der Waals surface area contributed by atoms with Crippen molar-refractivity contribution in [3.63, 3.8) is 0 Å². The molecule has 2 aliphatic heterocycles. The van der Waals surface area contributed by atoms with Crippen LogP contribution in [0.1, 0.15) is 50.4 Å². The summed E-state index contributed by atoms with van der Waals surface area (Å²) in [5, 5.41) is 18.3. The highest BCUT2D eigenvalue weighted by atomic mass is 16.7. The zero-order chi connectivity index (χ0) is 16.4. The average Bonchev–Trinajstić information content (AvgIpc) is 2.94. The standard InChI is InChI=1S/C17H24N4O2/c1-4-13-14(10-18)16(20-19-15(13)5-2)21-8-6-17(7-9-21)22-11-12(3)23-17/h12H,4-9,11H2,1-3H3/t12-/m1/s1. The molecule has 124 valence electrons. The molecule has 1 aromatic heterocycles. The molecule has 6 heteroatoms. The summed E-state index contributed by atoms with van der Waals surface area (Å²) in [6.07, 6.45) is 3.35. The highest BCUT2D eigenvalue weighted by Gasteiger charge is 2.43. The van der Waals surface area contributed by atoms with Gasteiger partial charge in [-0.2, -0.15) is 10.4 Å². The highest BCUT2D eigenvalue weighted by molar-refractivity contribution is 5.58. The number of hydrogen-bond acceptors (Lipinski definition) is 6. The van der Waals surface area contributed by atoms with Crippen LogP contribution in [0.5, 0.6) is 0 Å². The van der Waals surface area contributed by atoms with Gasteiger partial charge in [0, 0.05) is 25.9 Å². The van der Waals surface area contributed by atoms with Gasteiger partial charge < -0.3 is 14.4 Å². The first kappa shape index (κ1) is 16.2. The number of aryl methyl sites for hydroxylation is 1. The molecule has 0 bridgehead atoms. The minimum absolute atomic E-state index is 0.159. The third-order valence-corrected chi connectivity index (χ3v) is 4.76. The number of anilines is 1. The van der Waals surface area contributed by atoms with Crippen molar-refractivity contribution in [1.29, 1.82) is 5.26 Å². The largest absolute Gasteiger partial charge is 0.354 e. The summed E-state index contributed by atoms with van der Waals surface area (Å²) in [6, 6.07) is 2.35. The van der Waals surface area contributed by atoms with Gasteiger partial charge in [-0.3, -0.25) is 0 Å².